The molecule has 1 saturated heterocycles. The van der Waals surface area contributed by atoms with Crippen LogP contribution in [0, 0.1) is 12.7 Å². The molecule has 0 atom stereocenters. The van der Waals surface area contributed by atoms with E-state index in [0.717, 1.165) is 12.8 Å². The largest absolute Gasteiger partial charge is 0.342 e. The highest BCUT2D eigenvalue weighted by atomic mass is 19.1. The first-order chi connectivity index (χ1) is 13.1. The lowest BCUT2D eigenvalue weighted by Crippen LogP contribution is -2.40. The van der Waals surface area contributed by atoms with Gasteiger partial charge in [-0.2, -0.15) is 4.80 Å². The van der Waals surface area contributed by atoms with E-state index in [9.17, 15) is 9.18 Å². The minimum Gasteiger partial charge on any atom is -0.342 e. The zero-order valence-corrected chi connectivity index (χ0v) is 14.7. The molecular weight excluding hydrogens is 353 g/mol. The Morgan fingerprint density at radius 1 is 1.30 bits per heavy atom. The van der Waals surface area contributed by atoms with E-state index >= 15 is 0 Å². The number of carbonyl (C=O) groups excluding carboxylic acids is 1. The Kier molecular flexibility index (Phi) is 4.61. The van der Waals surface area contributed by atoms with Crippen molar-refractivity contribution >= 4 is 5.91 Å². The molecule has 0 bridgehead atoms. The number of tetrazole rings is 1. The molecule has 1 aromatic carbocycles. The van der Waals surface area contributed by atoms with Gasteiger partial charge < -0.3 is 4.90 Å². The van der Waals surface area contributed by atoms with E-state index in [4.69, 9.17) is 0 Å². The summed E-state index contributed by atoms with van der Waals surface area (Å²) in [5.74, 6) is 0.0504. The molecule has 10 heteroatoms. The molecule has 1 amide bonds. The highest BCUT2D eigenvalue weighted by Crippen LogP contribution is 2.23. The average molecular weight is 371 g/mol. The minimum absolute atomic E-state index is 0.000695. The van der Waals surface area contributed by atoms with Crippen LogP contribution in [0.3, 0.4) is 0 Å². The van der Waals surface area contributed by atoms with Crippen molar-refractivity contribution < 1.29 is 13.8 Å². The summed E-state index contributed by atoms with van der Waals surface area (Å²) in [5, 5.41) is 20.0. The number of benzene rings is 1. The summed E-state index contributed by atoms with van der Waals surface area (Å²) in [5.41, 5.74) is 1.79. The van der Waals surface area contributed by atoms with Gasteiger partial charge in [0.25, 0.3) is 0 Å². The summed E-state index contributed by atoms with van der Waals surface area (Å²) in [4.78, 5) is 15.8. The van der Waals surface area contributed by atoms with Crippen molar-refractivity contribution in [2.45, 2.75) is 32.2 Å². The highest BCUT2D eigenvalue weighted by Gasteiger charge is 2.26. The molecule has 3 heterocycles. The summed E-state index contributed by atoms with van der Waals surface area (Å²) in [7, 11) is 0. The number of aryl methyl sites for hydroxylation is 1. The quantitative estimate of drug-likeness (QED) is 0.686. The van der Waals surface area contributed by atoms with Gasteiger partial charge in [-0.3, -0.25) is 4.79 Å². The Morgan fingerprint density at radius 3 is 2.81 bits per heavy atom. The number of rotatable bonds is 4. The van der Waals surface area contributed by atoms with E-state index in [0.29, 0.717) is 35.9 Å². The van der Waals surface area contributed by atoms with Crippen molar-refractivity contribution in [3.05, 3.63) is 41.5 Å². The van der Waals surface area contributed by atoms with Gasteiger partial charge >= 0.3 is 0 Å². The molecule has 0 saturated carbocycles. The van der Waals surface area contributed by atoms with Crippen LogP contribution >= 0.6 is 0 Å². The molecule has 1 aliphatic rings. The number of piperidine rings is 1. The monoisotopic (exact) mass is 371 g/mol. The molecule has 3 aromatic rings. The molecule has 1 aliphatic heterocycles. The van der Waals surface area contributed by atoms with E-state index in [1.165, 1.54) is 12.1 Å². The number of nitrogens with zero attached hydrogens (tertiary/aromatic N) is 7. The van der Waals surface area contributed by atoms with Crippen molar-refractivity contribution in [3.8, 4) is 11.4 Å². The van der Waals surface area contributed by atoms with Gasteiger partial charge in [-0.1, -0.05) is 22.4 Å². The third kappa shape index (κ3) is 3.69. The number of hydrogen-bond donors (Lipinski definition) is 0. The topological polar surface area (TPSA) is 103 Å². The fourth-order valence-electron chi connectivity index (χ4n) is 3.13. The first kappa shape index (κ1) is 17.3. The number of aromatic nitrogens is 6. The second-order valence-corrected chi connectivity index (χ2v) is 6.53. The van der Waals surface area contributed by atoms with Gasteiger partial charge in [0.1, 0.15) is 17.2 Å². The van der Waals surface area contributed by atoms with Gasteiger partial charge in [-0.25, -0.2) is 9.02 Å². The highest BCUT2D eigenvalue weighted by molar-refractivity contribution is 5.78. The lowest BCUT2D eigenvalue weighted by Gasteiger charge is -2.31. The molecule has 140 valence electrons. The van der Waals surface area contributed by atoms with Gasteiger partial charge in [0, 0.05) is 18.7 Å². The zero-order chi connectivity index (χ0) is 18.8. The van der Waals surface area contributed by atoms with Crippen LogP contribution < -0.4 is 0 Å². The molecule has 0 aliphatic carbocycles. The van der Waals surface area contributed by atoms with Crippen LogP contribution in [-0.2, 0) is 11.2 Å². The van der Waals surface area contributed by atoms with Crippen LogP contribution in [0.4, 0.5) is 4.39 Å². The van der Waals surface area contributed by atoms with Crippen molar-refractivity contribution in [2.24, 2.45) is 0 Å². The standard InChI is InChI=1S/C17H18FN7O2/c1-11-15(22-27-21-11)10-16(26)24-7-5-14(6-8-24)25-20-17(19-23-25)12-3-2-4-13(18)9-12/h2-4,9,14H,5-8,10H2,1H3. The van der Waals surface area contributed by atoms with Gasteiger partial charge in [0.2, 0.25) is 11.7 Å². The first-order valence-electron chi connectivity index (χ1n) is 8.71. The van der Waals surface area contributed by atoms with E-state index in [1.807, 2.05) is 0 Å². The van der Waals surface area contributed by atoms with Crippen molar-refractivity contribution in [2.75, 3.05) is 13.1 Å². The van der Waals surface area contributed by atoms with Gasteiger partial charge in [-0.05, 0) is 37.1 Å². The third-order valence-corrected chi connectivity index (χ3v) is 4.72. The maximum absolute atomic E-state index is 13.4. The van der Waals surface area contributed by atoms with Crippen LogP contribution in [0.1, 0.15) is 30.3 Å². The first-order valence-corrected chi connectivity index (χ1v) is 8.71. The summed E-state index contributed by atoms with van der Waals surface area (Å²) in [6.45, 7) is 2.97. The molecule has 1 fully saturated rings. The van der Waals surface area contributed by atoms with Crippen LogP contribution in [0.25, 0.3) is 11.4 Å². The SMILES string of the molecule is Cc1nonc1CC(=O)N1CCC(n2nnc(-c3cccc(F)c3)n2)CC1. The van der Waals surface area contributed by atoms with Gasteiger partial charge in [0.15, 0.2) is 0 Å². The summed E-state index contributed by atoms with van der Waals surface area (Å²) in [6.07, 6.45) is 1.63. The molecule has 0 unspecified atom stereocenters. The number of hydrogen-bond acceptors (Lipinski definition) is 7. The Balaban J connectivity index is 1.37. The van der Waals surface area contributed by atoms with Crippen molar-refractivity contribution in [3.63, 3.8) is 0 Å². The van der Waals surface area contributed by atoms with Crippen molar-refractivity contribution in [1.29, 1.82) is 0 Å². The Labute approximate surface area is 154 Å². The number of halogens is 1. The predicted molar refractivity (Wildman–Crippen MR) is 90.8 cm³/mol. The summed E-state index contributed by atoms with van der Waals surface area (Å²) >= 11 is 0. The second kappa shape index (κ2) is 7.22. The molecule has 0 spiro atoms. The van der Waals surface area contributed by atoms with Crippen LogP contribution in [0.15, 0.2) is 28.9 Å². The lowest BCUT2D eigenvalue weighted by atomic mass is 10.1. The van der Waals surface area contributed by atoms with Crippen LogP contribution in [0.5, 0.6) is 0 Å². The Hall–Kier alpha value is -3.17. The molecule has 27 heavy (non-hydrogen) atoms. The van der Waals surface area contributed by atoms with E-state index < -0.39 is 0 Å². The van der Waals surface area contributed by atoms with Gasteiger partial charge in [0.05, 0.1) is 12.5 Å². The van der Waals surface area contributed by atoms with Crippen LogP contribution in [0.2, 0.25) is 0 Å². The number of amides is 1. The average Bonchev–Trinajstić information content (AvgIpc) is 3.32. The Bertz CT molecular complexity index is 946. The number of likely N-dealkylation sites (tertiary alicyclic amines) is 1. The Morgan fingerprint density at radius 2 is 2.11 bits per heavy atom. The van der Waals surface area contributed by atoms with Gasteiger partial charge in [-0.15, -0.1) is 10.2 Å². The smallest absolute Gasteiger partial charge is 0.228 e. The molecule has 4 rings (SSSR count). The summed E-state index contributed by atoms with van der Waals surface area (Å²) < 4.78 is 18.0. The third-order valence-electron chi connectivity index (χ3n) is 4.72. The number of carbonyl (C=O) groups is 1. The molecule has 0 N–H and O–H groups in total. The van der Waals surface area contributed by atoms with E-state index in [-0.39, 0.29) is 24.2 Å². The fourth-order valence-corrected chi connectivity index (χ4v) is 3.13. The normalized spacial score (nSPS) is 15.3. The van der Waals surface area contributed by atoms with E-state index in [1.54, 1.807) is 28.8 Å². The molecule has 9 nitrogen and oxygen atoms in total. The van der Waals surface area contributed by atoms with Crippen LogP contribution in [-0.4, -0.2) is 54.4 Å². The van der Waals surface area contributed by atoms with Crippen molar-refractivity contribution in [1.82, 2.24) is 35.4 Å². The molecule has 2 aromatic heterocycles. The minimum atomic E-state index is -0.340. The summed E-state index contributed by atoms with van der Waals surface area (Å²) in [6, 6.07) is 6.16. The predicted octanol–water partition coefficient (Wildman–Crippen LogP) is 1.58. The lowest BCUT2D eigenvalue weighted by molar-refractivity contribution is -0.131. The maximum Gasteiger partial charge on any atom is 0.228 e. The maximum atomic E-state index is 13.4. The zero-order valence-electron chi connectivity index (χ0n) is 14.7. The van der Waals surface area contributed by atoms with E-state index in [2.05, 4.69) is 30.4 Å². The molecular formula is C17H18FN7O2. The fraction of sp³-hybridized carbons (Fsp3) is 0.412. The second-order valence-electron chi connectivity index (χ2n) is 6.53. The molecule has 0 radical (unpaired) electrons.